The first kappa shape index (κ1) is 18.6. The maximum atomic E-state index is 5.16. The van der Waals surface area contributed by atoms with Crippen molar-refractivity contribution >= 4 is 22.3 Å². The van der Waals surface area contributed by atoms with Crippen LogP contribution in [0.4, 0.5) is 0 Å². The summed E-state index contributed by atoms with van der Waals surface area (Å²) in [7, 11) is -1.12. The molecule has 0 aliphatic rings. The van der Waals surface area contributed by atoms with Crippen LogP contribution in [-0.4, -0.2) is 36.0 Å². The fraction of sp³-hybridized carbons (Fsp3) is 1.00. The summed E-state index contributed by atoms with van der Waals surface area (Å²) >= 11 is 0. The van der Waals surface area contributed by atoms with Crippen molar-refractivity contribution in [2.75, 3.05) is 13.7 Å². The highest BCUT2D eigenvalue weighted by Crippen LogP contribution is 2.37. The van der Waals surface area contributed by atoms with E-state index in [0.29, 0.717) is 0 Å². The quantitative estimate of drug-likeness (QED) is 0.425. The van der Waals surface area contributed by atoms with Gasteiger partial charge in [0.1, 0.15) is 0 Å². The van der Waals surface area contributed by atoms with Gasteiger partial charge in [-0.3, -0.25) is 0 Å². The molecule has 0 fully saturated rings. The smallest absolute Gasteiger partial charge is 0.0462 e. The third-order valence-electron chi connectivity index (χ3n) is 4.93. The lowest BCUT2D eigenvalue weighted by atomic mass is 10.3. The maximum Gasteiger partial charge on any atom is 0.0462 e. The van der Waals surface area contributed by atoms with Crippen LogP contribution in [0.1, 0.15) is 26.2 Å². The van der Waals surface area contributed by atoms with Crippen molar-refractivity contribution in [3.63, 3.8) is 0 Å². The first-order chi connectivity index (χ1) is 8.12. The molecule has 0 saturated carbocycles. The summed E-state index contributed by atoms with van der Waals surface area (Å²) in [5, 5.41) is 0. The first-order valence-corrected chi connectivity index (χ1v) is 19.0. The van der Waals surface area contributed by atoms with Crippen molar-refractivity contribution in [2.45, 2.75) is 77.6 Å². The van der Waals surface area contributed by atoms with Gasteiger partial charge in [-0.15, -0.1) is 0 Å². The topological polar surface area (TPSA) is 9.23 Å². The zero-order chi connectivity index (χ0) is 14.4. The fourth-order valence-corrected chi connectivity index (χ4v) is 50.0. The second-order valence-corrected chi connectivity index (χ2v) is 36.4. The van der Waals surface area contributed by atoms with Gasteiger partial charge in [0.25, 0.3) is 0 Å². The largest absolute Gasteiger partial charge is 0.385 e. The van der Waals surface area contributed by atoms with E-state index in [9.17, 15) is 0 Å². The van der Waals surface area contributed by atoms with Crippen LogP contribution in [0.5, 0.6) is 0 Å². The molecular formula is C14H36OSi3. The monoisotopic (exact) mass is 304 g/mol. The number of rotatable bonds is 9. The third-order valence-corrected chi connectivity index (χ3v) is 47.4. The van der Waals surface area contributed by atoms with Crippen LogP contribution >= 0.6 is 0 Å². The fourth-order valence-electron chi connectivity index (χ4n) is 3.96. The van der Waals surface area contributed by atoms with Crippen LogP contribution in [0, 0.1) is 0 Å². The molecule has 110 valence electrons. The van der Waals surface area contributed by atoms with Crippen molar-refractivity contribution in [1.82, 2.24) is 0 Å². The van der Waals surface area contributed by atoms with Gasteiger partial charge in [-0.2, -0.15) is 0 Å². The predicted octanol–water partition coefficient (Wildman–Crippen LogP) is 5.11. The molecule has 0 N–H and O–H groups in total. The van der Waals surface area contributed by atoms with E-state index in [-0.39, 0.29) is 0 Å². The molecule has 0 heterocycles. The van der Waals surface area contributed by atoms with Gasteiger partial charge in [-0.25, -0.2) is 0 Å². The van der Waals surface area contributed by atoms with E-state index in [2.05, 4.69) is 46.2 Å². The number of hydrogen-bond acceptors (Lipinski definition) is 1. The van der Waals surface area contributed by atoms with Crippen LogP contribution in [0.3, 0.4) is 0 Å². The van der Waals surface area contributed by atoms with Crippen molar-refractivity contribution in [3.05, 3.63) is 0 Å². The van der Waals surface area contributed by atoms with Crippen LogP contribution in [0.2, 0.25) is 51.4 Å². The van der Waals surface area contributed by atoms with Gasteiger partial charge in [0.2, 0.25) is 0 Å². The van der Waals surface area contributed by atoms with Gasteiger partial charge in [0.05, 0.1) is 0 Å². The van der Waals surface area contributed by atoms with E-state index in [1.54, 1.807) is 6.04 Å². The minimum atomic E-state index is -0.996. The Bertz CT molecular complexity index is 214. The average Bonchev–Trinajstić information content (AvgIpc) is 2.19. The second kappa shape index (κ2) is 7.41. The van der Waals surface area contributed by atoms with Crippen molar-refractivity contribution in [2.24, 2.45) is 0 Å². The van der Waals surface area contributed by atoms with Crippen LogP contribution in [0.25, 0.3) is 0 Å². The van der Waals surface area contributed by atoms with E-state index >= 15 is 0 Å². The van der Waals surface area contributed by atoms with E-state index < -0.39 is 22.3 Å². The molecule has 18 heavy (non-hydrogen) atoms. The molecule has 0 aromatic rings. The molecule has 0 unspecified atom stereocenters. The normalized spacial score (nSPS) is 14.0. The predicted molar refractivity (Wildman–Crippen MR) is 93.5 cm³/mol. The number of hydrogen-bond donors (Lipinski definition) is 0. The number of ether oxygens (including phenoxy) is 1. The van der Waals surface area contributed by atoms with Gasteiger partial charge in [0, 0.05) is 36.0 Å². The van der Waals surface area contributed by atoms with E-state index in [1.807, 2.05) is 7.11 Å². The number of unbranched alkanes of at least 4 members (excludes halogenated alkanes) is 2. The highest BCUT2D eigenvalue weighted by molar-refractivity contribution is 7.68. The average molecular weight is 305 g/mol. The molecule has 0 aromatic carbocycles. The first-order valence-electron chi connectivity index (χ1n) is 7.61. The highest BCUT2D eigenvalue weighted by atomic mass is 29.6. The Morgan fingerprint density at radius 1 is 0.778 bits per heavy atom. The van der Waals surface area contributed by atoms with Crippen LogP contribution < -0.4 is 0 Å². The zero-order valence-corrected chi connectivity index (χ0v) is 17.2. The Kier molecular flexibility index (Phi) is 7.66. The zero-order valence-electron chi connectivity index (χ0n) is 14.2. The van der Waals surface area contributed by atoms with Gasteiger partial charge in [0.15, 0.2) is 0 Å². The Balaban J connectivity index is 4.69. The van der Waals surface area contributed by atoms with Gasteiger partial charge in [-0.05, 0) is 6.42 Å². The Labute approximate surface area is 118 Å². The molecule has 0 aliphatic carbocycles. The molecule has 0 atom stereocenters. The lowest BCUT2D eigenvalue weighted by molar-refractivity contribution is 0.192. The summed E-state index contributed by atoms with van der Waals surface area (Å²) in [6.45, 7) is 19.3. The van der Waals surface area contributed by atoms with Crippen LogP contribution in [0.15, 0.2) is 0 Å². The second-order valence-electron chi connectivity index (χ2n) is 7.74. The van der Waals surface area contributed by atoms with E-state index in [4.69, 9.17) is 4.74 Å². The van der Waals surface area contributed by atoms with Crippen molar-refractivity contribution in [1.29, 1.82) is 0 Å². The van der Waals surface area contributed by atoms with Crippen molar-refractivity contribution < 1.29 is 4.74 Å². The molecule has 0 spiro atoms. The molecular weight excluding hydrogens is 268 g/mol. The van der Waals surface area contributed by atoms with Gasteiger partial charge >= 0.3 is 0 Å². The molecule has 4 heteroatoms. The standard InChI is InChI=1S/C14H36OSi3/c1-9-18(16(3,4)5,17(6,7)8)14-12-10-11-13-15-2/h9-14H2,1-8H3. The van der Waals surface area contributed by atoms with Crippen LogP contribution in [-0.2, 0) is 4.74 Å². The maximum absolute atomic E-state index is 5.16. The van der Waals surface area contributed by atoms with Gasteiger partial charge < -0.3 is 4.74 Å². The molecule has 0 aliphatic heterocycles. The molecule has 0 bridgehead atoms. The Hall–Kier alpha value is 0.611. The summed E-state index contributed by atoms with van der Waals surface area (Å²) in [6.07, 6.45) is 4.08. The summed E-state index contributed by atoms with van der Waals surface area (Å²) in [5.74, 6) is 0. The van der Waals surface area contributed by atoms with Gasteiger partial charge in [-0.1, -0.05) is 71.1 Å². The SMILES string of the molecule is CC[Si](CCCCCOC)([Si](C)(C)C)[Si](C)(C)C. The van der Waals surface area contributed by atoms with E-state index in [0.717, 1.165) is 6.61 Å². The lowest BCUT2D eigenvalue weighted by Crippen LogP contribution is -2.71. The summed E-state index contributed by atoms with van der Waals surface area (Å²) in [5.41, 5.74) is 0. The third kappa shape index (κ3) is 4.62. The molecule has 0 radical (unpaired) electrons. The van der Waals surface area contributed by atoms with Crippen molar-refractivity contribution in [3.8, 4) is 0 Å². The number of methoxy groups -OCH3 is 1. The Morgan fingerprint density at radius 3 is 1.61 bits per heavy atom. The summed E-state index contributed by atoms with van der Waals surface area (Å²) in [6, 6.07) is 3.13. The molecule has 0 rings (SSSR count). The summed E-state index contributed by atoms with van der Waals surface area (Å²) in [4.78, 5) is 0. The Morgan fingerprint density at radius 2 is 1.28 bits per heavy atom. The van der Waals surface area contributed by atoms with E-state index in [1.165, 1.54) is 25.3 Å². The molecule has 0 amide bonds. The molecule has 1 nitrogen and oxygen atoms in total. The lowest BCUT2D eigenvalue weighted by Gasteiger charge is -2.50. The molecule has 0 aromatic heterocycles. The minimum Gasteiger partial charge on any atom is -0.385 e. The summed E-state index contributed by atoms with van der Waals surface area (Å²) < 4.78 is 5.16. The molecule has 0 saturated heterocycles. The highest BCUT2D eigenvalue weighted by Gasteiger charge is 2.51. The minimum absolute atomic E-state index is 0.945.